The van der Waals surface area contributed by atoms with Crippen LogP contribution in [0.2, 0.25) is 0 Å². The number of aromatic nitrogens is 3. The Kier molecular flexibility index (Phi) is 6.16. The smallest absolute Gasteiger partial charge is 0.410 e. The minimum absolute atomic E-state index is 0.000771. The number of carbonyl (C=O) groups excluding carboxylic acids is 1. The zero-order valence-corrected chi connectivity index (χ0v) is 18.0. The van der Waals surface area contributed by atoms with Crippen LogP contribution in [-0.2, 0) is 4.74 Å². The van der Waals surface area contributed by atoms with Gasteiger partial charge in [-0.1, -0.05) is 6.07 Å². The fourth-order valence-corrected chi connectivity index (χ4v) is 3.53. The molecule has 1 fully saturated rings. The summed E-state index contributed by atoms with van der Waals surface area (Å²) in [5.41, 5.74) is 2.87. The van der Waals surface area contributed by atoms with Crippen LogP contribution in [0, 0.1) is 6.92 Å². The van der Waals surface area contributed by atoms with Crippen LogP contribution in [0.1, 0.15) is 32.4 Å². The minimum atomic E-state index is -0.261. The third-order valence-corrected chi connectivity index (χ3v) is 5.07. The first-order valence-electron chi connectivity index (χ1n) is 10.5. The first-order valence-corrected chi connectivity index (χ1v) is 10.5. The molecule has 8 heteroatoms. The normalized spacial score (nSPS) is 14.6. The van der Waals surface area contributed by atoms with Crippen LogP contribution in [0.25, 0.3) is 10.9 Å². The number of hydrogen-bond acceptors (Lipinski definition) is 7. The third-order valence-electron chi connectivity index (χ3n) is 5.07. The summed E-state index contributed by atoms with van der Waals surface area (Å²) >= 11 is 0. The lowest BCUT2D eigenvalue weighted by molar-refractivity contribution is 0.0507. The van der Waals surface area contributed by atoms with E-state index in [4.69, 9.17) is 9.47 Å². The number of rotatable bonds is 5. The molecule has 3 heterocycles. The lowest BCUT2D eigenvalue weighted by Crippen LogP contribution is -2.42. The monoisotopic (exact) mass is 421 g/mol. The Morgan fingerprint density at radius 1 is 1.13 bits per heavy atom. The topological polar surface area (TPSA) is 89.5 Å². The van der Waals surface area contributed by atoms with Crippen LogP contribution >= 0.6 is 0 Å². The largest absolute Gasteiger partial charge is 0.474 e. The number of hydrogen-bond donors (Lipinski definition) is 1. The first kappa shape index (κ1) is 20.8. The van der Waals surface area contributed by atoms with E-state index in [9.17, 15) is 4.79 Å². The summed E-state index contributed by atoms with van der Waals surface area (Å²) < 4.78 is 11.3. The molecule has 2 aromatic heterocycles. The standard InChI is InChI=1S/C23H27N5O3/c1-15(2)30-23(29)28-10-8-19(9-11-28)31-22-13-21(24-14-25-22)27-18-6-7-20-17(12-18)5-4-16(3)26-20/h4-7,12-15,19H,8-11H2,1-3H3,(H,24,25,27). The average Bonchev–Trinajstić information content (AvgIpc) is 2.74. The number of benzene rings is 1. The van der Waals surface area contributed by atoms with Crippen LogP contribution in [-0.4, -0.2) is 51.2 Å². The Balaban J connectivity index is 1.36. The molecule has 0 unspecified atom stereocenters. The van der Waals surface area contributed by atoms with Crippen molar-refractivity contribution in [3.8, 4) is 5.88 Å². The third kappa shape index (κ3) is 5.39. The number of fused-ring (bicyclic) bond motifs is 1. The van der Waals surface area contributed by atoms with Gasteiger partial charge in [0.15, 0.2) is 0 Å². The van der Waals surface area contributed by atoms with Crippen molar-refractivity contribution in [1.82, 2.24) is 19.9 Å². The molecule has 1 aliphatic rings. The first-order chi connectivity index (χ1) is 15.0. The molecule has 1 N–H and O–H groups in total. The van der Waals surface area contributed by atoms with Crippen LogP contribution in [0.4, 0.5) is 16.3 Å². The number of pyridine rings is 1. The Bertz CT molecular complexity index is 1060. The van der Waals surface area contributed by atoms with E-state index in [1.807, 2.05) is 45.0 Å². The van der Waals surface area contributed by atoms with Gasteiger partial charge in [0, 0.05) is 48.8 Å². The van der Waals surface area contributed by atoms with Gasteiger partial charge in [-0.3, -0.25) is 4.98 Å². The van der Waals surface area contributed by atoms with Gasteiger partial charge in [-0.2, -0.15) is 0 Å². The van der Waals surface area contributed by atoms with Gasteiger partial charge < -0.3 is 19.7 Å². The summed E-state index contributed by atoms with van der Waals surface area (Å²) in [5, 5.41) is 4.36. The van der Waals surface area contributed by atoms with Crippen molar-refractivity contribution in [1.29, 1.82) is 0 Å². The predicted molar refractivity (Wildman–Crippen MR) is 119 cm³/mol. The van der Waals surface area contributed by atoms with Crippen molar-refractivity contribution < 1.29 is 14.3 Å². The van der Waals surface area contributed by atoms with E-state index in [1.54, 1.807) is 11.0 Å². The number of nitrogens with one attached hydrogen (secondary N) is 1. The van der Waals surface area contributed by atoms with Crippen molar-refractivity contribution >= 4 is 28.5 Å². The van der Waals surface area contributed by atoms with Gasteiger partial charge >= 0.3 is 6.09 Å². The van der Waals surface area contributed by atoms with E-state index in [2.05, 4.69) is 26.3 Å². The highest BCUT2D eigenvalue weighted by Crippen LogP contribution is 2.23. The van der Waals surface area contributed by atoms with Gasteiger partial charge in [-0.25, -0.2) is 14.8 Å². The van der Waals surface area contributed by atoms with Gasteiger partial charge in [0.05, 0.1) is 11.6 Å². The van der Waals surface area contributed by atoms with E-state index in [0.29, 0.717) is 24.8 Å². The van der Waals surface area contributed by atoms with E-state index >= 15 is 0 Å². The van der Waals surface area contributed by atoms with Gasteiger partial charge in [-0.05, 0) is 45.0 Å². The number of ether oxygens (including phenoxy) is 2. The fraction of sp³-hybridized carbons (Fsp3) is 0.391. The lowest BCUT2D eigenvalue weighted by Gasteiger charge is -2.31. The quantitative estimate of drug-likeness (QED) is 0.650. The number of amides is 1. The van der Waals surface area contributed by atoms with Gasteiger partial charge in [0.1, 0.15) is 18.2 Å². The molecule has 0 atom stereocenters. The number of nitrogens with zero attached hydrogens (tertiary/aromatic N) is 4. The second kappa shape index (κ2) is 9.16. The van der Waals surface area contributed by atoms with Crippen molar-refractivity contribution in [2.24, 2.45) is 0 Å². The van der Waals surface area contributed by atoms with Crippen molar-refractivity contribution in [2.75, 3.05) is 18.4 Å². The predicted octanol–water partition coefficient (Wildman–Crippen LogP) is 4.47. The van der Waals surface area contributed by atoms with E-state index in [1.165, 1.54) is 6.33 Å². The summed E-state index contributed by atoms with van der Waals surface area (Å²) in [6.07, 6.45) is 2.58. The van der Waals surface area contributed by atoms with Crippen LogP contribution < -0.4 is 10.1 Å². The second-order valence-corrected chi connectivity index (χ2v) is 7.96. The molecule has 3 aromatic rings. The molecule has 0 bridgehead atoms. The number of anilines is 2. The molecule has 8 nitrogen and oxygen atoms in total. The highest BCUT2D eigenvalue weighted by atomic mass is 16.6. The Morgan fingerprint density at radius 3 is 2.71 bits per heavy atom. The molecule has 1 saturated heterocycles. The molecule has 4 rings (SSSR count). The summed E-state index contributed by atoms with van der Waals surface area (Å²) in [6.45, 7) is 6.90. The Labute approximate surface area is 181 Å². The zero-order valence-electron chi connectivity index (χ0n) is 18.0. The molecule has 1 amide bonds. The second-order valence-electron chi connectivity index (χ2n) is 7.96. The molecule has 0 spiro atoms. The highest BCUT2D eigenvalue weighted by Gasteiger charge is 2.25. The molecular weight excluding hydrogens is 394 g/mol. The average molecular weight is 422 g/mol. The van der Waals surface area contributed by atoms with Gasteiger partial charge in [-0.15, -0.1) is 0 Å². The number of piperidine rings is 1. The van der Waals surface area contributed by atoms with Crippen LogP contribution in [0.5, 0.6) is 5.88 Å². The van der Waals surface area contributed by atoms with Crippen LogP contribution in [0.3, 0.4) is 0 Å². The molecular formula is C23H27N5O3. The molecule has 1 aromatic carbocycles. The van der Waals surface area contributed by atoms with Crippen LogP contribution in [0.15, 0.2) is 42.7 Å². The molecule has 162 valence electrons. The Morgan fingerprint density at radius 2 is 1.94 bits per heavy atom. The molecule has 0 saturated carbocycles. The van der Waals surface area contributed by atoms with Crippen molar-refractivity contribution in [3.63, 3.8) is 0 Å². The maximum Gasteiger partial charge on any atom is 0.410 e. The van der Waals surface area contributed by atoms with Gasteiger partial charge in [0.2, 0.25) is 5.88 Å². The van der Waals surface area contributed by atoms with Gasteiger partial charge in [0.25, 0.3) is 0 Å². The van der Waals surface area contributed by atoms with E-state index in [-0.39, 0.29) is 18.3 Å². The fourth-order valence-electron chi connectivity index (χ4n) is 3.53. The maximum atomic E-state index is 12.0. The maximum absolute atomic E-state index is 12.0. The number of carbonyl (C=O) groups is 1. The summed E-state index contributed by atoms with van der Waals surface area (Å²) in [7, 11) is 0. The molecule has 0 radical (unpaired) electrons. The zero-order chi connectivity index (χ0) is 21.8. The Hall–Kier alpha value is -3.42. The van der Waals surface area contributed by atoms with Crippen molar-refractivity contribution in [2.45, 2.75) is 45.8 Å². The number of aryl methyl sites for hydroxylation is 1. The lowest BCUT2D eigenvalue weighted by atomic mass is 10.1. The summed E-state index contributed by atoms with van der Waals surface area (Å²) in [6, 6.07) is 11.8. The molecule has 31 heavy (non-hydrogen) atoms. The summed E-state index contributed by atoms with van der Waals surface area (Å²) in [5.74, 6) is 1.17. The molecule has 0 aliphatic carbocycles. The minimum Gasteiger partial charge on any atom is -0.474 e. The van der Waals surface area contributed by atoms with Crippen molar-refractivity contribution in [3.05, 3.63) is 48.4 Å². The highest BCUT2D eigenvalue weighted by molar-refractivity contribution is 5.83. The summed E-state index contributed by atoms with van der Waals surface area (Å²) in [4.78, 5) is 26.8. The number of likely N-dealkylation sites (tertiary alicyclic amines) is 1. The van der Waals surface area contributed by atoms with E-state index in [0.717, 1.165) is 35.1 Å². The molecule has 1 aliphatic heterocycles. The van der Waals surface area contributed by atoms with E-state index < -0.39 is 0 Å². The SMILES string of the molecule is Cc1ccc2cc(Nc3cc(OC4CCN(C(=O)OC(C)C)CC4)ncn3)ccc2n1.